The Hall–Kier alpha value is -2.51. The van der Waals surface area contributed by atoms with Gasteiger partial charge in [0.2, 0.25) is 15.9 Å². The Morgan fingerprint density at radius 1 is 1.17 bits per heavy atom. The normalized spacial score (nSPS) is 11.6. The predicted octanol–water partition coefficient (Wildman–Crippen LogP) is 2.53. The summed E-state index contributed by atoms with van der Waals surface area (Å²) < 4.78 is 37.5. The third-order valence-corrected chi connectivity index (χ3v) is 3.70. The fourth-order valence-corrected chi connectivity index (χ4v) is 2.32. The second-order valence-corrected chi connectivity index (χ2v) is 7.00. The molecule has 2 N–H and O–H groups in total. The summed E-state index contributed by atoms with van der Waals surface area (Å²) in [5.74, 6) is -0.711. The molecule has 0 saturated heterocycles. The molecule has 2 aromatic rings. The van der Waals surface area contributed by atoms with Crippen LogP contribution in [0.5, 0.6) is 0 Å². The summed E-state index contributed by atoms with van der Waals surface area (Å²) in [5.41, 5.74) is 1.94. The average molecular weight is 348 g/mol. The van der Waals surface area contributed by atoms with Crippen LogP contribution in [0, 0.1) is 5.82 Å². The summed E-state index contributed by atoms with van der Waals surface area (Å²) in [5, 5.41) is 2.67. The molecule has 0 saturated carbocycles. The van der Waals surface area contributed by atoms with Gasteiger partial charge in [-0.25, -0.2) is 17.5 Å². The molecule has 7 heteroatoms. The maximum absolute atomic E-state index is 13.0. The van der Waals surface area contributed by atoms with Gasteiger partial charge in [-0.2, -0.15) is 0 Å². The molecule has 2 rings (SSSR count). The van der Waals surface area contributed by atoms with Gasteiger partial charge in [-0.1, -0.05) is 24.3 Å². The number of carbonyl (C=O) groups excluding carboxylic acids is 1. The van der Waals surface area contributed by atoms with Crippen molar-refractivity contribution in [3.05, 3.63) is 71.6 Å². The second-order valence-electron chi connectivity index (χ2n) is 5.17. The highest BCUT2D eigenvalue weighted by Crippen LogP contribution is 2.10. The van der Waals surface area contributed by atoms with Crippen LogP contribution in [-0.4, -0.2) is 20.6 Å². The van der Waals surface area contributed by atoms with Crippen molar-refractivity contribution in [1.29, 1.82) is 0 Å². The van der Waals surface area contributed by atoms with Crippen LogP contribution in [0.1, 0.15) is 11.1 Å². The van der Waals surface area contributed by atoms with Crippen LogP contribution >= 0.6 is 0 Å². The summed E-state index contributed by atoms with van der Waals surface area (Å²) in [6, 6.07) is 12.7. The van der Waals surface area contributed by atoms with Crippen molar-refractivity contribution in [3.63, 3.8) is 0 Å². The largest absolute Gasteiger partial charge is 0.323 e. The molecule has 0 radical (unpaired) electrons. The number of sulfonamides is 1. The first-order valence-electron chi connectivity index (χ1n) is 7.10. The van der Waals surface area contributed by atoms with Gasteiger partial charge < -0.3 is 5.32 Å². The standard InChI is InChI=1S/C17H17FN2O3S/c1-24(22,23)19-12-14-5-8-16(9-6-14)20-17(21)10-7-13-3-2-4-15(18)11-13/h2-11,19H,12H2,1H3,(H,20,21)/b10-7-. The zero-order valence-corrected chi connectivity index (χ0v) is 13.8. The minimum atomic E-state index is -3.24. The van der Waals surface area contributed by atoms with E-state index in [2.05, 4.69) is 10.0 Å². The Labute approximate surface area is 140 Å². The van der Waals surface area contributed by atoms with Gasteiger partial charge in [0.05, 0.1) is 6.26 Å². The molecule has 0 aliphatic heterocycles. The molecule has 0 aromatic heterocycles. The first-order valence-corrected chi connectivity index (χ1v) is 8.99. The summed E-state index contributed by atoms with van der Waals surface area (Å²) in [4.78, 5) is 11.8. The van der Waals surface area contributed by atoms with Crippen LogP contribution in [0.4, 0.5) is 10.1 Å². The molecule has 0 fully saturated rings. The Morgan fingerprint density at radius 3 is 2.50 bits per heavy atom. The van der Waals surface area contributed by atoms with Gasteiger partial charge in [0, 0.05) is 18.3 Å². The number of amides is 1. The van der Waals surface area contributed by atoms with Gasteiger partial charge in [-0.3, -0.25) is 4.79 Å². The zero-order chi connectivity index (χ0) is 17.6. The van der Waals surface area contributed by atoms with Crippen LogP contribution < -0.4 is 10.0 Å². The van der Waals surface area contributed by atoms with Gasteiger partial charge in [0.1, 0.15) is 5.82 Å². The third-order valence-electron chi connectivity index (χ3n) is 3.04. The lowest BCUT2D eigenvalue weighted by Gasteiger charge is -2.05. The van der Waals surface area contributed by atoms with E-state index >= 15 is 0 Å². The minimum absolute atomic E-state index is 0.187. The van der Waals surface area contributed by atoms with Gasteiger partial charge in [0.15, 0.2) is 0 Å². The molecule has 0 aliphatic rings. The molecular formula is C17H17FN2O3S. The lowest BCUT2D eigenvalue weighted by atomic mass is 10.2. The highest BCUT2D eigenvalue weighted by atomic mass is 32.2. The molecule has 0 bridgehead atoms. The van der Waals surface area contributed by atoms with E-state index in [1.807, 2.05) is 0 Å². The topological polar surface area (TPSA) is 75.3 Å². The summed E-state index contributed by atoms with van der Waals surface area (Å²) in [6.07, 6.45) is 3.92. The van der Waals surface area contributed by atoms with E-state index in [9.17, 15) is 17.6 Å². The van der Waals surface area contributed by atoms with Crippen molar-refractivity contribution in [2.24, 2.45) is 0 Å². The van der Waals surface area contributed by atoms with Crippen LogP contribution in [0.25, 0.3) is 6.08 Å². The summed E-state index contributed by atoms with van der Waals surface area (Å²) >= 11 is 0. The van der Waals surface area contributed by atoms with Crippen LogP contribution in [-0.2, 0) is 21.4 Å². The van der Waals surface area contributed by atoms with E-state index in [1.165, 1.54) is 24.3 Å². The molecule has 126 valence electrons. The first kappa shape index (κ1) is 17.8. The highest BCUT2D eigenvalue weighted by molar-refractivity contribution is 7.88. The fourth-order valence-electron chi connectivity index (χ4n) is 1.89. The quantitative estimate of drug-likeness (QED) is 0.788. The lowest BCUT2D eigenvalue weighted by Crippen LogP contribution is -2.21. The van der Waals surface area contributed by atoms with E-state index in [0.717, 1.165) is 11.8 Å². The van der Waals surface area contributed by atoms with Crippen LogP contribution in [0.2, 0.25) is 0 Å². The number of rotatable bonds is 6. The maximum Gasteiger partial charge on any atom is 0.248 e. The van der Waals surface area contributed by atoms with Gasteiger partial charge in [-0.15, -0.1) is 0 Å². The molecule has 0 aliphatic carbocycles. The van der Waals surface area contributed by atoms with Gasteiger partial charge in [0.25, 0.3) is 0 Å². The molecule has 0 spiro atoms. The van der Waals surface area contributed by atoms with Crippen molar-refractivity contribution in [2.75, 3.05) is 11.6 Å². The SMILES string of the molecule is CS(=O)(=O)NCc1ccc(NC(=O)/C=C\c2cccc(F)c2)cc1. The third kappa shape index (κ3) is 6.31. The highest BCUT2D eigenvalue weighted by Gasteiger charge is 2.02. The van der Waals surface area contributed by atoms with Crippen LogP contribution in [0.3, 0.4) is 0 Å². The number of carbonyl (C=O) groups is 1. The number of halogens is 1. The van der Waals surface area contributed by atoms with E-state index in [-0.39, 0.29) is 18.3 Å². The van der Waals surface area contributed by atoms with Crippen molar-refractivity contribution in [1.82, 2.24) is 4.72 Å². The summed E-state index contributed by atoms with van der Waals surface area (Å²) in [7, 11) is -3.24. The monoisotopic (exact) mass is 348 g/mol. The van der Waals surface area contributed by atoms with E-state index < -0.39 is 10.0 Å². The fraction of sp³-hybridized carbons (Fsp3) is 0.118. The van der Waals surface area contributed by atoms with Gasteiger partial charge in [-0.05, 0) is 41.5 Å². The number of benzene rings is 2. The van der Waals surface area contributed by atoms with E-state index in [1.54, 1.807) is 36.4 Å². The maximum atomic E-state index is 13.0. The van der Waals surface area contributed by atoms with Crippen molar-refractivity contribution in [2.45, 2.75) is 6.54 Å². The van der Waals surface area contributed by atoms with E-state index in [0.29, 0.717) is 11.3 Å². The number of hydrogen-bond donors (Lipinski definition) is 2. The zero-order valence-electron chi connectivity index (χ0n) is 13.0. The number of anilines is 1. The molecule has 2 aromatic carbocycles. The molecule has 1 amide bonds. The second kappa shape index (κ2) is 7.85. The average Bonchev–Trinajstić information content (AvgIpc) is 2.52. The van der Waals surface area contributed by atoms with Crippen molar-refractivity contribution >= 4 is 27.7 Å². The predicted molar refractivity (Wildman–Crippen MR) is 92.2 cm³/mol. The van der Waals surface area contributed by atoms with Crippen molar-refractivity contribution < 1.29 is 17.6 Å². The Balaban J connectivity index is 1.92. The van der Waals surface area contributed by atoms with E-state index in [4.69, 9.17) is 0 Å². The molecule has 24 heavy (non-hydrogen) atoms. The smallest absolute Gasteiger partial charge is 0.248 e. The minimum Gasteiger partial charge on any atom is -0.323 e. The Morgan fingerprint density at radius 2 is 1.88 bits per heavy atom. The molecule has 0 atom stereocenters. The molecule has 0 heterocycles. The molecule has 0 unspecified atom stereocenters. The van der Waals surface area contributed by atoms with Crippen molar-refractivity contribution in [3.8, 4) is 0 Å². The molecular weight excluding hydrogens is 331 g/mol. The molecule has 5 nitrogen and oxygen atoms in total. The van der Waals surface area contributed by atoms with Crippen LogP contribution in [0.15, 0.2) is 54.6 Å². The number of hydrogen-bond acceptors (Lipinski definition) is 3. The Kier molecular flexibility index (Phi) is 5.83. The first-order chi connectivity index (χ1) is 11.3. The summed E-state index contributed by atoms with van der Waals surface area (Å²) in [6.45, 7) is 0.187. The Bertz CT molecular complexity index is 846. The lowest BCUT2D eigenvalue weighted by molar-refractivity contribution is -0.111. The number of nitrogens with one attached hydrogen (secondary N) is 2. The van der Waals surface area contributed by atoms with Gasteiger partial charge >= 0.3 is 0 Å².